The lowest BCUT2D eigenvalue weighted by atomic mass is 10.0. The minimum absolute atomic E-state index is 0.157. The molecule has 0 bridgehead atoms. The van der Waals surface area contributed by atoms with Crippen LogP contribution >= 0.6 is 22.9 Å². The molecule has 3 nitrogen and oxygen atoms in total. The first-order valence-electron chi connectivity index (χ1n) is 9.77. The molecule has 1 saturated heterocycles. The summed E-state index contributed by atoms with van der Waals surface area (Å²) in [6, 6.07) is 23.0. The van der Waals surface area contributed by atoms with Crippen molar-refractivity contribution in [2.24, 2.45) is 0 Å². The first-order valence-corrected chi connectivity index (χ1v) is 11.0. The number of hydrogen-bond acceptors (Lipinski definition) is 4. The van der Waals surface area contributed by atoms with E-state index in [9.17, 15) is 0 Å². The third-order valence-electron chi connectivity index (χ3n) is 5.05. The zero-order chi connectivity index (χ0) is 19.2. The van der Waals surface area contributed by atoms with E-state index in [2.05, 4.69) is 46.6 Å². The van der Waals surface area contributed by atoms with Gasteiger partial charge in [0.1, 0.15) is 12.4 Å². The summed E-state index contributed by atoms with van der Waals surface area (Å²) in [6.07, 6.45) is 1.14. The number of nitrogens with zero attached hydrogens (tertiary/aromatic N) is 1. The third kappa shape index (κ3) is 4.76. The molecule has 1 atom stereocenters. The molecule has 4 rings (SSSR count). The number of benzene rings is 2. The summed E-state index contributed by atoms with van der Waals surface area (Å²) >= 11 is 7.96. The van der Waals surface area contributed by atoms with Gasteiger partial charge in [-0.1, -0.05) is 60.1 Å². The van der Waals surface area contributed by atoms with Crippen LogP contribution in [0.15, 0.2) is 66.7 Å². The summed E-state index contributed by atoms with van der Waals surface area (Å²) in [5, 5.41) is 3.51. The molecule has 1 fully saturated rings. The van der Waals surface area contributed by atoms with Crippen molar-refractivity contribution in [1.82, 2.24) is 10.2 Å². The molecule has 5 heteroatoms. The molecule has 0 spiro atoms. The molecule has 0 aliphatic carbocycles. The summed E-state index contributed by atoms with van der Waals surface area (Å²) in [4.78, 5) is 3.81. The van der Waals surface area contributed by atoms with E-state index < -0.39 is 0 Å². The second-order valence-electron chi connectivity index (χ2n) is 7.00. The van der Waals surface area contributed by atoms with E-state index in [4.69, 9.17) is 16.3 Å². The quantitative estimate of drug-likeness (QED) is 0.589. The molecule has 1 N–H and O–H groups in total. The van der Waals surface area contributed by atoms with Gasteiger partial charge >= 0.3 is 0 Å². The van der Waals surface area contributed by atoms with Crippen LogP contribution < -0.4 is 10.1 Å². The van der Waals surface area contributed by atoms with Gasteiger partial charge in [-0.15, -0.1) is 11.3 Å². The average molecular weight is 413 g/mol. The van der Waals surface area contributed by atoms with Crippen molar-refractivity contribution < 1.29 is 4.74 Å². The summed E-state index contributed by atoms with van der Waals surface area (Å²) in [5.74, 6) is 0.943. The van der Waals surface area contributed by atoms with Crippen LogP contribution in [0.2, 0.25) is 4.34 Å². The predicted octanol–water partition coefficient (Wildman–Crippen LogP) is 5.37. The first-order chi connectivity index (χ1) is 13.8. The van der Waals surface area contributed by atoms with Crippen LogP contribution in [0.4, 0.5) is 0 Å². The molecule has 0 saturated carbocycles. The van der Waals surface area contributed by atoms with Gasteiger partial charge in [0.2, 0.25) is 0 Å². The maximum Gasteiger partial charge on any atom is 0.124 e. The van der Waals surface area contributed by atoms with Gasteiger partial charge in [0.25, 0.3) is 0 Å². The minimum Gasteiger partial charge on any atom is -0.489 e. The van der Waals surface area contributed by atoms with Crippen molar-refractivity contribution in [2.45, 2.75) is 19.1 Å². The molecular formula is C23H25ClN2OS. The summed E-state index contributed by atoms with van der Waals surface area (Å²) in [6.45, 7) is 4.70. The number of nitrogens with one attached hydrogen (secondary N) is 1. The summed E-state index contributed by atoms with van der Waals surface area (Å²) in [7, 11) is 0. The highest BCUT2D eigenvalue weighted by Crippen LogP contribution is 2.39. The zero-order valence-corrected chi connectivity index (χ0v) is 17.4. The number of thiophene rings is 1. The van der Waals surface area contributed by atoms with Crippen LogP contribution in [0.5, 0.6) is 5.75 Å². The van der Waals surface area contributed by atoms with Crippen LogP contribution in [0.1, 0.15) is 28.5 Å². The molecule has 0 amide bonds. The molecule has 2 heterocycles. The Hall–Kier alpha value is -1.85. The van der Waals surface area contributed by atoms with E-state index in [0.29, 0.717) is 6.61 Å². The van der Waals surface area contributed by atoms with Crippen molar-refractivity contribution in [3.8, 4) is 5.75 Å². The Kier molecular flexibility index (Phi) is 6.65. The Morgan fingerprint density at radius 1 is 0.964 bits per heavy atom. The number of para-hydroxylation sites is 1. The zero-order valence-electron chi connectivity index (χ0n) is 15.8. The highest BCUT2D eigenvalue weighted by molar-refractivity contribution is 7.16. The van der Waals surface area contributed by atoms with Crippen LogP contribution in [0.25, 0.3) is 0 Å². The van der Waals surface area contributed by atoms with Crippen molar-refractivity contribution in [1.29, 1.82) is 0 Å². The van der Waals surface area contributed by atoms with Crippen molar-refractivity contribution in [3.63, 3.8) is 0 Å². The monoisotopic (exact) mass is 412 g/mol. The largest absolute Gasteiger partial charge is 0.489 e. The van der Waals surface area contributed by atoms with E-state index in [1.54, 1.807) is 11.3 Å². The number of hydrogen-bond donors (Lipinski definition) is 1. The minimum atomic E-state index is 0.157. The van der Waals surface area contributed by atoms with Gasteiger partial charge in [-0.2, -0.15) is 0 Å². The van der Waals surface area contributed by atoms with Gasteiger partial charge in [0, 0.05) is 30.1 Å². The maximum absolute atomic E-state index is 6.30. The highest BCUT2D eigenvalue weighted by Gasteiger charge is 2.27. The maximum atomic E-state index is 6.30. The van der Waals surface area contributed by atoms with Gasteiger partial charge in [-0.25, -0.2) is 0 Å². The molecule has 3 aromatic rings. The Morgan fingerprint density at radius 2 is 1.79 bits per heavy atom. The van der Waals surface area contributed by atoms with Gasteiger partial charge in [0.05, 0.1) is 10.4 Å². The Bertz CT molecular complexity index is 875. The van der Waals surface area contributed by atoms with E-state index in [1.807, 2.05) is 30.3 Å². The van der Waals surface area contributed by atoms with Gasteiger partial charge < -0.3 is 10.1 Å². The molecule has 146 valence electrons. The molecular weight excluding hydrogens is 388 g/mol. The lowest BCUT2D eigenvalue weighted by Gasteiger charge is -2.31. The fraction of sp³-hybridized carbons (Fsp3) is 0.304. The first kappa shape index (κ1) is 19.5. The second-order valence-corrected chi connectivity index (χ2v) is 8.74. The van der Waals surface area contributed by atoms with Crippen LogP contribution in [0.3, 0.4) is 0 Å². The highest BCUT2D eigenvalue weighted by atomic mass is 35.5. The van der Waals surface area contributed by atoms with E-state index in [0.717, 1.165) is 42.7 Å². The van der Waals surface area contributed by atoms with Crippen molar-refractivity contribution in [2.75, 3.05) is 26.2 Å². The molecule has 1 aliphatic rings. The molecule has 1 aliphatic heterocycles. The second kappa shape index (κ2) is 9.57. The fourth-order valence-corrected chi connectivity index (χ4v) is 4.92. The van der Waals surface area contributed by atoms with E-state index in [-0.39, 0.29) is 6.04 Å². The summed E-state index contributed by atoms with van der Waals surface area (Å²) < 4.78 is 7.11. The van der Waals surface area contributed by atoms with Crippen molar-refractivity contribution in [3.05, 3.63) is 87.1 Å². The van der Waals surface area contributed by atoms with Gasteiger partial charge in [0.15, 0.2) is 0 Å². The van der Waals surface area contributed by atoms with E-state index in [1.165, 1.54) is 16.0 Å². The number of rotatable bonds is 6. The Balaban J connectivity index is 1.65. The smallest absolute Gasteiger partial charge is 0.124 e. The van der Waals surface area contributed by atoms with Gasteiger partial charge in [-0.05, 0) is 36.7 Å². The SMILES string of the molecule is Clc1ccc(C(c2ccccc2OCc2ccccc2)N2CCCNCC2)s1. The molecule has 0 radical (unpaired) electrons. The lowest BCUT2D eigenvalue weighted by molar-refractivity contribution is 0.232. The molecule has 1 unspecified atom stereocenters. The van der Waals surface area contributed by atoms with E-state index >= 15 is 0 Å². The third-order valence-corrected chi connectivity index (χ3v) is 6.34. The van der Waals surface area contributed by atoms with Crippen LogP contribution in [0, 0.1) is 0 Å². The lowest BCUT2D eigenvalue weighted by Crippen LogP contribution is -2.32. The topological polar surface area (TPSA) is 24.5 Å². The fourth-order valence-electron chi connectivity index (χ4n) is 3.70. The Morgan fingerprint density at radius 3 is 2.61 bits per heavy atom. The van der Waals surface area contributed by atoms with Crippen LogP contribution in [-0.4, -0.2) is 31.1 Å². The van der Waals surface area contributed by atoms with Crippen molar-refractivity contribution >= 4 is 22.9 Å². The normalized spacial score (nSPS) is 16.5. The van der Waals surface area contributed by atoms with Crippen LogP contribution in [-0.2, 0) is 6.61 Å². The van der Waals surface area contributed by atoms with Gasteiger partial charge in [-0.3, -0.25) is 4.90 Å². The number of ether oxygens (including phenoxy) is 1. The standard InChI is InChI=1S/C23H25ClN2OS/c24-22-12-11-21(28-22)23(26-15-6-13-25-14-16-26)19-9-4-5-10-20(19)27-17-18-7-2-1-3-8-18/h1-5,7-12,23,25H,6,13-17H2. The Labute approximate surface area is 175 Å². The molecule has 2 aromatic carbocycles. The molecule has 1 aromatic heterocycles. The molecule has 28 heavy (non-hydrogen) atoms. The number of halogens is 1. The summed E-state index contributed by atoms with van der Waals surface area (Å²) in [5.41, 5.74) is 2.38. The average Bonchev–Trinajstić information content (AvgIpc) is 2.98. The predicted molar refractivity (Wildman–Crippen MR) is 117 cm³/mol.